The first kappa shape index (κ1) is 18.6. The number of sulfonamides is 1. The molecule has 6 nitrogen and oxygen atoms in total. The minimum Gasteiger partial charge on any atom is -0.392 e. The summed E-state index contributed by atoms with van der Waals surface area (Å²) >= 11 is 0. The molecular weight excluding hydrogens is 338 g/mol. The van der Waals surface area contributed by atoms with Crippen LogP contribution in [0.1, 0.15) is 51.9 Å². The van der Waals surface area contributed by atoms with E-state index in [4.69, 9.17) is 0 Å². The summed E-state index contributed by atoms with van der Waals surface area (Å²) < 4.78 is 27.6. The van der Waals surface area contributed by atoms with Gasteiger partial charge in [0.05, 0.1) is 6.10 Å². The molecule has 2 unspecified atom stereocenters. The van der Waals surface area contributed by atoms with Crippen LogP contribution in [0.3, 0.4) is 0 Å². The van der Waals surface area contributed by atoms with Crippen molar-refractivity contribution in [3.8, 4) is 0 Å². The van der Waals surface area contributed by atoms with Crippen LogP contribution in [-0.4, -0.2) is 48.6 Å². The molecule has 1 aliphatic carbocycles. The first-order valence-corrected chi connectivity index (χ1v) is 10.7. The lowest BCUT2D eigenvalue weighted by molar-refractivity contribution is 0.00955. The Kier molecular flexibility index (Phi) is 5.65. The number of piperidine rings is 1. The topological polar surface area (TPSA) is 82.5 Å². The van der Waals surface area contributed by atoms with Gasteiger partial charge in [-0.2, -0.15) is 4.31 Å². The highest BCUT2D eigenvalue weighted by molar-refractivity contribution is 7.89. The largest absolute Gasteiger partial charge is 0.392 e. The summed E-state index contributed by atoms with van der Waals surface area (Å²) in [6, 6.07) is 3.29. The zero-order chi connectivity index (χ0) is 17.9. The number of nitrogens with zero attached hydrogens (tertiary/aromatic N) is 2. The van der Waals surface area contributed by atoms with Gasteiger partial charge in [0, 0.05) is 31.2 Å². The second-order valence-corrected chi connectivity index (χ2v) is 9.49. The summed E-state index contributed by atoms with van der Waals surface area (Å²) in [7, 11) is -3.53. The maximum atomic E-state index is 13.0. The Morgan fingerprint density at radius 1 is 1.28 bits per heavy atom. The molecule has 25 heavy (non-hydrogen) atoms. The fourth-order valence-electron chi connectivity index (χ4n) is 3.85. The molecule has 2 aliphatic rings. The van der Waals surface area contributed by atoms with E-state index in [9.17, 15) is 13.5 Å². The number of aliphatic hydroxyl groups excluding tert-OH is 1. The number of rotatable bonds is 5. The van der Waals surface area contributed by atoms with Gasteiger partial charge in [0.25, 0.3) is 0 Å². The molecule has 3 rings (SSSR count). The van der Waals surface area contributed by atoms with Gasteiger partial charge < -0.3 is 10.4 Å². The molecule has 1 aliphatic heterocycles. The minimum absolute atomic E-state index is 0.241. The molecule has 2 atom stereocenters. The van der Waals surface area contributed by atoms with Gasteiger partial charge in [0.15, 0.2) is 0 Å². The van der Waals surface area contributed by atoms with Crippen molar-refractivity contribution < 1.29 is 13.5 Å². The highest BCUT2D eigenvalue weighted by atomic mass is 32.2. The van der Waals surface area contributed by atoms with Gasteiger partial charge in [-0.05, 0) is 37.8 Å². The summed E-state index contributed by atoms with van der Waals surface area (Å²) in [5, 5.41) is 13.6. The number of hydrogen-bond donors (Lipinski definition) is 2. The van der Waals surface area contributed by atoms with Gasteiger partial charge >= 0.3 is 0 Å². The normalized spacial score (nSPS) is 28.6. The van der Waals surface area contributed by atoms with E-state index in [1.54, 1.807) is 22.6 Å². The number of pyridine rings is 1. The molecule has 2 heterocycles. The van der Waals surface area contributed by atoms with E-state index in [0.29, 0.717) is 25.5 Å². The Morgan fingerprint density at radius 2 is 2.04 bits per heavy atom. The zero-order valence-corrected chi connectivity index (χ0v) is 15.8. The molecule has 1 saturated heterocycles. The number of aliphatic hydroxyl groups is 1. The zero-order valence-electron chi connectivity index (χ0n) is 14.9. The third-order valence-electron chi connectivity index (χ3n) is 5.64. The predicted molar refractivity (Wildman–Crippen MR) is 97.9 cm³/mol. The van der Waals surface area contributed by atoms with Crippen LogP contribution in [-0.2, 0) is 10.0 Å². The van der Waals surface area contributed by atoms with Crippen LogP contribution in [0.15, 0.2) is 23.2 Å². The third-order valence-corrected chi connectivity index (χ3v) is 7.57. The van der Waals surface area contributed by atoms with E-state index in [1.165, 1.54) is 0 Å². The monoisotopic (exact) mass is 367 g/mol. The standard InChI is InChI=1S/C18H29N3O3S/c1-18(10-4-3-9-16(18)22)14-20-17-15(8-7-11-19-17)25(23,24)21-12-5-2-6-13-21/h7-8,11,16,22H,2-6,9-10,12-14H2,1H3,(H,19,20). The Hall–Kier alpha value is -1.18. The van der Waals surface area contributed by atoms with Gasteiger partial charge in [0.1, 0.15) is 10.7 Å². The molecule has 7 heteroatoms. The molecule has 0 amide bonds. The van der Waals surface area contributed by atoms with Crippen LogP contribution in [0, 0.1) is 5.41 Å². The average molecular weight is 368 g/mol. The lowest BCUT2D eigenvalue weighted by atomic mass is 9.73. The Bertz CT molecular complexity index is 689. The summed E-state index contributed by atoms with van der Waals surface area (Å²) in [6.45, 7) is 3.74. The van der Waals surface area contributed by atoms with E-state index in [1.807, 2.05) is 0 Å². The van der Waals surface area contributed by atoms with Gasteiger partial charge in [0.2, 0.25) is 10.0 Å². The summed E-state index contributed by atoms with van der Waals surface area (Å²) in [4.78, 5) is 4.52. The van der Waals surface area contributed by atoms with Crippen molar-refractivity contribution >= 4 is 15.8 Å². The molecule has 0 spiro atoms. The van der Waals surface area contributed by atoms with Crippen LogP contribution >= 0.6 is 0 Å². The van der Waals surface area contributed by atoms with Crippen molar-refractivity contribution in [2.75, 3.05) is 25.0 Å². The molecule has 0 radical (unpaired) electrons. The second-order valence-electron chi connectivity index (χ2n) is 7.58. The molecular formula is C18H29N3O3S. The molecule has 2 N–H and O–H groups in total. The maximum absolute atomic E-state index is 13.0. The molecule has 2 fully saturated rings. The minimum atomic E-state index is -3.53. The van der Waals surface area contributed by atoms with Crippen LogP contribution < -0.4 is 5.32 Å². The third kappa shape index (κ3) is 3.99. The lowest BCUT2D eigenvalue weighted by Gasteiger charge is -2.38. The van der Waals surface area contributed by atoms with Crippen LogP contribution in [0.25, 0.3) is 0 Å². The molecule has 0 aromatic carbocycles. The van der Waals surface area contributed by atoms with E-state index < -0.39 is 10.0 Å². The molecule has 1 aromatic rings. The highest BCUT2D eigenvalue weighted by Gasteiger charge is 2.36. The van der Waals surface area contributed by atoms with Gasteiger partial charge in [-0.1, -0.05) is 26.2 Å². The smallest absolute Gasteiger partial charge is 0.246 e. The maximum Gasteiger partial charge on any atom is 0.246 e. The van der Waals surface area contributed by atoms with E-state index in [2.05, 4.69) is 17.2 Å². The van der Waals surface area contributed by atoms with E-state index in [-0.39, 0.29) is 16.4 Å². The molecule has 1 aromatic heterocycles. The van der Waals surface area contributed by atoms with Gasteiger partial charge in [-0.3, -0.25) is 0 Å². The molecule has 1 saturated carbocycles. The SMILES string of the molecule is CC1(CNc2ncccc2S(=O)(=O)N2CCCCC2)CCCCC1O. The van der Waals surface area contributed by atoms with Crippen molar-refractivity contribution in [3.05, 3.63) is 18.3 Å². The van der Waals surface area contributed by atoms with E-state index >= 15 is 0 Å². The number of nitrogens with one attached hydrogen (secondary N) is 1. The van der Waals surface area contributed by atoms with Crippen molar-refractivity contribution in [1.82, 2.24) is 9.29 Å². The quantitative estimate of drug-likeness (QED) is 0.836. The van der Waals surface area contributed by atoms with E-state index in [0.717, 1.165) is 44.9 Å². The summed E-state index contributed by atoms with van der Waals surface area (Å²) in [5.74, 6) is 0.395. The first-order valence-electron chi connectivity index (χ1n) is 9.31. The van der Waals surface area contributed by atoms with Crippen LogP contribution in [0.4, 0.5) is 5.82 Å². The summed E-state index contributed by atoms with van der Waals surface area (Å²) in [5.41, 5.74) is -0.248. The van der Waals surface area contributed by atoms with Gasteiger partial charge in [-0.15, -0.1) is 0 Å². The Labute approximate surface area is 150 Å². The fourth-order valence-corrected chi connectivity index (χ4v) is 5.49. The lowest BCUT2D eigenvalue weighted by Crippen LogP contribution is -2.41. The second kappa shape index (κ2) is 7.60. The Morgan fingerprint density at radius 3 is 2.76 bits per heavy atom. The van der Waals surface area contributed by atoms with Crippen molar-refractivity contribution in [1.29, 1.82) is 0 Å². The number of aromatic nitrogens is 1. The van der Waals surface area contributed by atoms with Crippen molar-refractivity contribution in [2.45, 2.75) is 62.9 Å². The molecule has 0 bridgehead atoms. The van der Waals surface area contributed by atoms with Crippen LogP contribution in [0.2, 0.25) is 0 Å². The van der Waals surface area contributed by atoms with Crippen molar-refractivity contribution in [2.24, 2.45) is 5.41 Å². The molecule has 140 valence electrons. The van der Waals surface area contributed by atoms with Gasteiger partial charge in [-0.25, -0.2) is 13.4 Å². The first-order chi connectivity index (χ1) is 11.9. The van der Waals surface area contributed by atoms with Crippen molar-refractivity contribution in [3.63, 3.8) is 0 Å². The number of hydrogen-bond acceptors (Lipinski definition) is 5. The summed E-state index contributed by atoms with van der Waals surface area (Å²) in [6.07, 6.45) is 8.03. The predicted octanol–water partition coefficient (Wildman–Crippen LogP) is 2.61. The number of anilines is 1. The fraction of sp³-hybridized carbons (Fsp3) is 0.722. The van der Waals surface area contributed by atoms with Crippen LogP contribution in [0.5, 0.6) is 0 Å². The average Bonchev–Trinajstić information content (AvgIpc) is 2.64. The Balaban J connectivity index is 1.79. The highest BCUT2D eigenvalue weighted by Crippen LogP contribution is 2.36.